The molecule has 0 bridgehead atoms. The molecule has 13 heteroatoms. The van der Waals surface area contributed by atoms with Gasteiger partial charge in [0.1, 0.15) is 12.1 Å². The summed E-state index contributed by atoms with van der Waals surface area (Å²) in [5.74, 6) is 0.370. The Bertz CT molecular complexity index is 1640. The zero-order valence-corrected chi connectivity index (χ0v) is 21.9. The molecule has 4 aromatic rings. The maximum absolute atomic E-state index is 13.5. The number of hydrogen-bond donors (Lipinski definition) is 3. The van der Waals surface area contributed by atoms with Crippen LogP contribution in [-0.2, 0) is 16.2 Å². The van der Waals surface area contributed by atoms with Crippen LogP contribution in [0.2, 0.25) is 0 Å². The molecule has 1 saturated carbocycles. The predicted molar refractivity (Wildman–Crippen MR) is 143 cm³/mol. The molecule has 5 rings (SSSR count). The minimum Gasteiger partial charge on any atom is -0.340 e. The van der Waals surface area contributed by atoms with Gasteiger partial charge in [-0.2, -0.15) is 13.2 Å². The molecule has 1 aliphatic rings. The van der Waals surface area contributed by atoms with E-state index in [0.29, 0.717) is 22.4 Å². The monoisotopic (exact) mass is 570 g/mol. The highest BCUT2D eigenvalue weighted by molar-refractivity contribution is 7.90. The number of fused-ring (bicyclic) bond motifs is 1. The molecule has 2 heterocycles. The second-order valence-corrected chi connectivity index (χ2v) is 11.1. The number of hydrogen-bond acceptors (Lipinski definition) is 7. The molecule has 0 aliphatic heterocycles. The highest BCUT2D eigenvalue weighted by atomic mass is 32.2. The van der Waals surface area contributed by atoms with Crippen LogP contribution in [0.3, 0.4) is 0 Å². The average molecular weight is 571 g/mol. The Morgan fingerprint density at radius 1 is 0.925 bits per heavy atom. The molecule has 3 N–H and O–H groups in total. The lowest BCUT2D eigenvalue weighted by molar-refractivity contribution is -0.137. The van der Waals surface area contributed by atoms with Crippen molar-refractivity contribution in [1.29, 1.82) is 0 Å². The number of sulfonamides is 1. The van der Waals surface area contributed by atoms with Crippen molar-refractivity contribution >= 4 is 38.5 Å². The van der Waals surface area contributed by atoms with Crippen LogP contribution in [0.5, 0.6) is 0 Å². The summed E-state index contributed by atoms with van der Waals surface area (Å²) in [5, 5.41) is 6.32. The molecule has 1 fully saturated rings. The summed E-state index contributed by atoms with van der Waals surface area (Å²) < 4.78 is 67.8. The Morgan fingerprint density at radius 2 is 1.68 bits per heavy atom. The van der Waals surface area contributed by atoms with E-state index in [0.717, 1.165) is 38.2 Å². The summed E-state index contributed by atoms with van der Waals surface area (Å²) in [4.78, 5) is 24.5. The van der Waals surface area contributed by atoms with Crippen LogP contribution in [0.1, 0.15) is 37.7 Å². The van der Waals surface area contributed by atoms with Crippen LogP contribution in [-0.4, -0.2) is 35.4 Å². The number of benzene rings is 2. The number of rotatable bonds is 6. The van der Waals surface area contributed by atoms with Gasteiger partial charge >= 0.3 is 12.2 Å². The van der Waals surface area contributed by atoms with Crippen LogP contribution in [0.15, 0.2) is 72.0 Å². The van der Waals surface area contributed by atoms with Crippen LogP contribution in [0.25, 0.3) is 22.2 Å². The molecule has 1 aliphatic carbocycles. The highest BCUT2D eigenvalue weighted by Crippen LogP contribution is 2.37. The molecule has 9 nitrogen and oxygen atoms in total. The zero-order valence-electron chi connectivity index (χ0n) is 21.1. The van der Waals surface area contributed by atoms with Crippen molar-refractivity contribution in [3.8, 4) is 11.3 Å². The van der Waals surface area contributed by atoms with Gasteiger partial charge in [-0.25, -0.2) is 27.9 Å². The summed E-state index contributed by atoms with van der Waals surface area (Å²) in [7, 11) is -4.08. The fourth-order valence-electron chi connectivity index (χ4n) is 4.66. The van der Waals surface area contributed by atoms with Crippen LogP contribution < -0.4 is 15.4 Å². The van der Waals surface area contributed by atoms with Gasteiger partial charge in [0.05, 0.1) is 21.7 Å². The fraction of sp³-hybridized carbons (Fsp3) is 0.259. The molecule has 0 radical (unpaired) electrons. The van der Waals surface area contributed by atoms with E-state index < -0.39 is 27.8 Å². The minimum atomic E-state index is -4.56. The topological polar surface area (TPSA) is 126 Å². The van der Waals surface area contributed by atoms with E-state index in [1.165, 1.54) is 55.0 Å². The van der Waals surface area contributed by atoms with E-state index in [1.807, 2.05) is 0 Å². The Kier molecular flexibility index (Phi) is 7.57. The van der Waals surface area contributed by atoms with Crippen molar-refractivity contribution in [2.45, 2.75) is 49.2 Å². The summed E-state index contributed by atoms with van der Waals surface area (Å²) >= 11 is 0. The first-order valence-electron chi connectivity index (χ1n) is 12.6. The van der Waals surface area contributed by atoms with Gasteiger partial charge in [0.25, 0.3) is 10.0 Å². The number of carbonyl (C=O) groups excluding carboxylic acids is 1. The first-order valence-corrected chi connectivity index (χ1v) is 14.1. The molecule has 208 valence electrons. The van der Waals surface area contributed by atoms with Gasteiger partial charge in [-0.3, -0.25) is 4.98 Å². The maximum Gasteiger partial charge on any atom is 0.418 e. The Labute approximate surface area is 228 Å². The minimum absolute atomic E-state index is 0.0371. The van der Waals surface area contributed by atoms with Gasteiger partial charge in [-0.15, -0.1) is 0 Å². The van der Waals surface area contributed by atoms with Gasteiger partial charge in [-0.1, -0.05) is 25.3 Å². The lowest BCUT2D eigenvalue weighted by atomic mass is 9.96. The van der Waals surface area contributed by atoms with Crippen molar-refractivity contribution in [2.24, 2.45) is 0 Å². The lowest BCUT2D eigenvalue weighted by Crippen LogP contribution is -2.45. The van der Waals surface area contributed by atoms with Crippen molar-refractivity contribution in [3.63, 3.8) is 0 Å². The highest BCUT2D eigenvalue weighted by Gasteiger charge is 2.34. The number of halogens is 3. The van der Waals surface area contributed by atoms with Crippen molar-refractivity contribution < 1.29 is 26.4 Å². The second-order valence-electron chi connectivity index (χ2n) is 9.41. The number of nitrogens with zero attached hydrogens (tertiary/aromatic N) is 3. The standard InChI is InChI=1S/C27H25F3N6O3S/c28-27(29,30)22-7-4-14-31-24(22)17-8-13-21-23(15-17)32-16-33-25(21)34-19-9-11-20(12-10-19)40(38,39)36-26(37)35-18-5-2-1-3-6-18/h4,7-16,18H,1-3,5-6H2,(H,32,33,34)(H2,35,36,37). The van der Waals surface area contributed by atoms with Crippen LogP contribution >= 0.6 is 0 Å². The van der Waals surface area contributed by atoms with Gasteiger partial charge in [0.2, 0.25) is 0 Å². The van der Waals surface area contributed by atoms with Crippen LogP contribution in [0, 0.1) is 0 Å². The summed E-state index contributed by atoms with van der Waals surface area (Å²) in [6, 6.07) is 11.7. The molecule has 2 aromatic heterocycles. The summed E-state index contributed by atoms with van der Waals surface area (Å²) in [6.07, 6.45) is 2.75. The maximum atomic E-state index is 13.5. The van der Waals surface area contributed by atoms with E-state index in [9.17, 15) is 26.4 Å². The van der Waals surface area contributed by atoms with Crippen LogP contribution in [0.4, 0.5) is 29.5 Å². The van der Waals surface area contributed by atoms with Crippen molar-refractivity contribution in [1.82, 2.24) is 25.0 Å². The zero-order chi connectivity index (χ0) is 28.3. The Hall–Kier alpha value is -4.26. The average Bonchev–Trinajstić information content (AvgIpc) is 2.93. The quantitative estimate of drug-likeness (QED) is 0.269. The van der Waals surface area contributed by atoms with E-state index in [1.54, 1.807) is 6.07 Å². The number of alkyl halides is 3. The fourth-order valence-corrected chi connectivity index (χ4v) is 5.58. The third kappa shape index (κ3) is 6.14. The predicted octanol–water partition coefficient (Wildman–Crippen LogP) is 5.77. The third-order valence-corrected chi connectivity index (χ3v) is 7.96. The number of aromatic nitrogens is 3. The number of anilines is 2. The lowest BCUT2D eigenvalue weighted by Gasteiger charge is -2.22. The van der Waals surface area contributed by atoms with Gasteiger partial charge < -0.3 is 10.6 Å². The molecular weight excluding hydrogens is 545 g/mol. The second kappa shape index (κ2) is 11.1. The molecule has 0 atom stereocenters. The molecule has 0 saturated heterocycles. The van der Waals surface area contributed by atoms with E-state index in [4.69, 9.17) is 0 Å². The van der Waals surface area contributed by atoms with E-state index in [-0.39, 0.29) is 22.2 Å². The molecule has 0 unspecified atom stereocenters. The normalized spacial score (nSPS) is 14.6. The smallest absolute Gasteiger partial charge is 0.340 e. The number of amides is 2. The number of pyridine rings is 1. The Balaban J connectivity index is 1.32. The van der Waals surface area contributed by atoms with Crippen molar-refractivity contribution in [3.05, 3.63) is 72.7 Å². The largest absolute Gasteiger partial charge is 0.418 e. The van der Waals surface area contributed by atoms with Gasteiger partial charge in [0.15, 0.2) is 0 Å². The molecule has 2 amide bonds. The first-order chi connectivity index (χ1) is 19.1. The van der Waals surface area contributed by atoms with Gasteiger partial charge in [-0.05, 0) is 61.4 Å². The number of nitrogens with one attached hydrogen (secondary N) is 3. The molecule has 0 spiro atoms. The molecular formula is C27H25F3N6O3S. The number of urea groups is 1. The summed E-state index contributed by atoms with van der Waals surface area (Å²) in [6.45, 7) is 0. The SMILES string of the molecule is O=C(NC1CCCCC1)NS(=O)(=O)c1ccc(Nc2ncnc3cc(-c4ncccc4C(F)(F)F)ccc23)cc1. The summed E-state index contributed by atoms with van der Waals surface area (Å²) in [5.41, 5.74) is 0.0835. The third-order valence-electron chi connectivity index (χ3n) is 6.62. The molecule has 2 aromatic carbocycles. The Morgan fingerprint density at radius 3 is 2.40 bits per heavy atom. The van der Waals surface area contributed by atoms with E-state index in [2.05, 4.69) is 30.3 Å². The van der Waals surface area contributed by atoms with Crippen molar-refractivity contribution in [2.75, 3.05) is 5.32 Å². The van der Waals surface area contributed by atoms with E-state index >= 15 is 0 Å². The molecule has 40 heavy (non-hydrogen) atoms. The first kappa shape index (κ1) is 27.3. The number of carbonyl (C=O) groups is 1. The van der Waals surface area contributed by atoms with Gasteiger partial charge in [0, 0.05) is 28.9 Å².